The first kappa shape index (κ1) is 9.21. The Balaban J connectivity index is 1.93. The molecule has 4 heteroatoms. The number of fused-ring (bicyclic) bond motifs is 1. The standard InChI is InChI=1S/C9H14O3S/c1-6(10)2-7-3-11-8-4-13-5-9(8)12-7/h3,6,8-10H,2,4-5H2,1H3. The Morgan fingerprint density at radius 3 is 3.15 bits per heavy atom. The lowest BCUT2D eigenvalue weighted by atomic mass is 10.2. The monoisotopic (exact) mass is 202 g/mol. The molecule has 2 rings (SSSR count). The molecular weight excluding hydrogens is 188 g/mol. The highest BCUT2D eigenvalue weighted by atomic mass is 32.2. The predicted molar refractivity (Wildman–Crippen MR) is 51.5 cm³/mol. The van der Waals surface area contributed by atoms with Gasteiger partial charge in [0, 0.05) is 17.9 Å². The minimum absolute atomic E-state index is 0.198. The quantitative estimate of drug-likeness (QED) is 0.728. The van der Waals surface area contributed by atoms with Gasteiger partial charge < -0.3 is 14.6 Å². The van der Waals surface area contributed by atoms with Crippen LogP contribution in [0.15, 0.2) is 12.0 Å². The molecule has 2 aliphatic heterocycles. The average Bonchev–Trinajstić information content (AvgIpc) is 2.49. The maximum Gasteiger partial charge on any atom is 0.145 e. The van der Waals surface area contributed by atoms with E-state index in [4.69, 9.17) is 14.6 Å². The number of ether oxygens (including phenoxy) is 2. The van der Waals surface area contributed by atoms with Crippen LogP contribution in [0.3, 0.4) is 0 Å². The van der Waals surface area contributed by atoms with Crippen LogP contribution in [0.1, 0.15) is 13.3 Å². The minimum Gasteiger partial charge on any atom is -0.490 e. The zero-order valence-corrected chi connectivity index (χ0v) is 8.42. The summed E-state index contributed by atoms with van der Waals surface area (Å²) in [5, 5.41) is 9.16. The summed E-state index contributed by atoms with van der Waals surface area (Å²) in [6.07, 6.45) is 2.26. The van der Waals surface area contributed by atoms with Crippen molar-refractivity contribution in [3.63, 3.8) is 0 Å². The largest absolute Gasteiger partial charge is 0.490 e. The summed E-state index contributed by atoms with van der Waals surface area (Å²) in [6, 6.07) is 0. The zero-order chi connectivity index (χ0) is 9.26. The van der Waals surface area contributed by atoms with Crippen LogP contribution in [-0.2, 0) is 9.47 Å². The van der Waals surface area contributed by atoms with Crippen LogP contribution in [0.2, 0.25) is 0 Å². The summed E-state index contributed by atoms with van der Waals surface area (Å²) in [5.41, 5.74) is 0. The second-order valence-electron chi connectivity index (χ2n) is 3.51. The SMILES string of the molecule is CC(O)CC1=COC2CSCC2O1. The van der Waals surface area contributed by atoms with Crippen LogP contribution >= 0.6 is 11.8 Å². The molecule has 1 saturated heterocycles. The molecule has 1 fully saturated rings. The maximum absolute atomic E-state index is 9.16. The van der Waals surface area contributed by atoms with E-state index in [0.29, 0.717) is 6.42 Å². The minimum atomic E-state index is -0.361. The molecule has 0 aromatic heterocycles. The van der Waals surface area contributed by atoms with Gasteiger partial charge in [-0.25, -0.2) is 0 Å². The molecule has 3 nitrogen and oxygen atoms in total. The van der Waals surface area contributed by atoms with Crippen molar-refractivity contribution in [2.75, 3.05) is 11.5 Å². The summed E-state index contributed by atoms with van der Waals surface area (Å²) in [7, 11) is 0. The Labute approximate surface area is 82.1 Å². The van der Waals surface area contributed by atoms with Gasteiger partial charge in [-0.15, -0.1) is 0 Å². The van der Waals surface area contributed by atoms with E-state index < -0.39 is 0 Å². The first-order valence-electron chi connectivity index (χ1n) is 4.52. The molecule has 0 aliphatic carbocycles. The van der Waals surface area contributed by atoms with Crippen LogP contribution in [0.4, 0.5) is 0 Å². The number of aliphatic hydroxyl groups is 1. The Morgan fingerprint density at radius 1 is 1.62 bits per heavy atom. The normalized spacial score (nSPS) is 34.2. The molecule has 0 bridgehead atoms. The molecule has 74 valence electrons. The van der Waals surface area contributed by atoms with Gasteiger partial charge in [-0.2, -0.15) is 11.8 Å². The fourth-order valence-corrected chi connectivity index (χ4v) is 2.70. The van der Waals surface area contributed by atoms with Crippen LogP contribution in [0.25, 0.3) is 0 Å². The summed E-state index contributed by atoms with van der Waals surface area (Å²) < 4.78 is 11.2. The second-order valence-corrected chi connectivity index (χ2v) is 4.58. The fourth-order valence-electron chi connectivity index (χ4n) is 1.52. The highest BCUT2D eigenvalue weighted by Gasteiger charge is 2.34. The van der Waals surface area contributed by atoms with E-state index >= 15 is 0 Å². The van der Waals surface area contributed by atoms with E-state index in [2.05, 4.69) is 0 Å². The summed E-state index contributed by atoms with van der Waals surface area (Å²) in [5.74, 6) is 2.80. The Bertz CT molecular complexity index is 215. The molecule has 2 aliphatic rings. The van der Waals surface area contributed by atoms with Crippen LogP contribution < -0.4 is 0 Å². The number of aliphatic hydroxyl groups excluding tert-OH is 1. The smallest absolute Gasteiger partial charge is 0.145 e. The zero-order valence-electron chi connectivity index (χ0n) is 7.60. The molecule has 2 heterocycles. The molecular formula is C9H14O3S. The number of hydrogen-bond donors (Lipinski definition) is 1. The van der Waals surface area contributed by atoms with Crippen LogP contribution in [-0.4, -0.2) is 34.9 Å². The third-order valence-corrected chi connectivity index (χ3v) is 3.28. The topological polar surface area (TPSA) is 38.7 Å². The van der Waals surface area contributed by atoms with Gasteiger partial charge in [-0.05, 0) is 6.92 Å². The van der Waals surface area contributed by atoms with Crippen molar-refractivity contribution in [2.24, 2.45) is 0 Å². The van der Waals surface area contributed by atoms with Gasteiger partial charge in [0.25, 0.3) is 0 Å². The van der Waals surface area contributed by atoms with E-state index in [1.54, 1.807) is 13.2 Å². The van der Waals surface area contributed by atoms with E-state index in [-0.39, 0.29) is 18.3 Å². The van der Waals surface area contributed by atoms with Crippen molar-refractivity contribution in [3.8, 4) is 0 Å². The van der Waals surface area contributed by atoms with Crippen molar-refractivity contribution < 1.29 is 14.6 Å². The molecule has 0 saturated carbocycles. The van der Waals surface area contributed by atoms with Crippen LogP contribution in [0, 0.1) is 0 Å². The number of rotatable bonds is 2. The summed E-state index contributed by atoms with van der Waals surface area (Å²) in [6.45, 7) is 1.75. The lowest BCUT2D eigenvalue weighted by Gasteiger charge is -2.27. The first-order valence-corrected chi connectivity index (χ1v) is 5.68. The Kier molecular flexibility index (Phi) is 2.69. The number of hydrogen-bond acceptors (Lipinski definition) is 4. The number of thioether (sulfide) groups is 1. The van der Waals surface area contributed by atoms with Gasteiger partial charge >= 0.3 is 0 Å². The molecule has 13 heavy (non-hydrogen) atoms. The van der Waals surface area contributed by atoms with Gasteiger partial charge in [0.15, 0.2) is 0 Å². The van der Waals surface area contributed by atoms with E-state index in [0.717, 1.165) is 17.3 Å². The van der Waals surface area contributed by atoms with Crippen molar-refractivity contribution in [2.45, 2.75) is 31.7 Å². The molecule has 0 radical (unpaired) electrons. The van der Waals surface area contributed by atoms with Gasteiger partial charge in [-0.1, -0.05) is 0 Å². The Morgan fingerprint density at radius 2 is 2.38 bits per heavy atom. The van der Waals surface area contributed by atoms with Gasteiger partial charge in [-0.3, -0.25) is 0 Å². The highest BCUT2D eigenvalue weighted by molar-refractivity contribution is 7.99. The lowest BCUT2D eigenvalue weighted by Crippen LogP contribution is -2.32. The third-order valence-electron chi connectivity index (χ3n) is 2.15. The highest BCUT2D eigenvalue weighted by Crippen LogP contribution is 2.30. The van der Waals surface area contributed by atoms with Gasteiger partial charge in [0.1, 0.15) is 24.2 Å². The van der Waals surface area contributed by atoms with Gasteiger partial charge in [0.2, 0.25) is 0 Å². The summed E-state index contributed by atoms with van der Waals surface area (Å²) >= 11 is 1.85. The molecule has 0 aromatic rings. The first-order chi connectivity index (χ1) is 6.25. The maximum atomic E-state index is 9.16. The molecule has 3 atom stereocenters. The van der Waals surface area contributed by atoms with E-state index in [1.807, 2.05) is 11.8 Å². The van der Waals surface area contributed by atoms with Crippen LogP contribution in [0.5, 0.6) is 0 Å². The van der Waals surface area contributed by atoms with Crippen molar-refractivity contribution >= 4 is 11.8 Å². The predicted octanol–water partition coefficient (Wildman–Crippen LogP) is 1.13. The Hall–Kier alpha value is -0.350. The van der Waals surface area contributed by atoms with E-state index in [9.17, 15) is 0 Å². The average molecular weight is 202 g/mol. The second kappa shape index (κ2) is 3.80. The van der Waals surface area contributed by atoms with E-state index in [1.165, 1.54) is 0 Å². The van der Waals surface area contributed by atoms with Crippen molar-refractivity contribution in [3.05, 3.63) is 12.0 Å². The molecule has 3 unspecified atom stereocenters. The van der Waals surface area contributed by atoms with Gasteiger partial charge in [0.05, 0.1) is 6.10 Å². The molecule has 0 amide bonds. The molecule has 0 spiro atoms. The molecule has 0 aromatic carbocycles. The van der Waals surface area contributed by atoms with Crippen molar-refractivity contribution in [1.29, 1.82) is 0 Å². The van der Waals surface area contributed by atoms with Crippen molar-refractivity contribution in [1.82, 2.24) is 0 Å². The fraction of sp³-hybridized carbons (Fsp3) is 0.778. The summed E-state index contributed by atoms with van der Waals surface area (Å²) in [4.78, 5) is 0. The lowest BCUT2D eigenvalue weighted by molar-refractivity contribution is -0.0274. The molecule has 1 N–H and O–H groups in total. The third kappa shape index (κ3) is 2.11.